The van der Waals surface area contributed by atoms with Crippen molar-refractivity contribution in [3.8, 4) is 5.88 Å². The Hall–Kier alpha value is -2.11. The maximum absolute atomic E-state index is 5.15. The van der Waals surface area contributed by atoms with E-state index in [1.165, 1.54) is 6.33 Å². The first-order valence-corrected chi connectivity index (χ1v) is 5.78. The minimum atomic E-state index is 0.601. The van der Waals surface area contributed by atoms with Crippen LogP contribution in [-0.4, -0.2) is 33.2 Å². The molecule has 0 aliphatic heterocycles. The molecule has 2 aromatic heterocycles. The molecular weight excluding hydrogens is 230 g/mol. The highest BCUT2D eigenvalue weighted by Gasteiger charge is 2.06. The van der Waals surface area contributed by atoms with Crippen LogP contribution in [0, 0.1) is 6.92 Å². The molecule has 0 unspecified atom stereocenters. The number of aryl methyl sites for hydroxylation is 1. The molecule has 0 bridgehead atoms. The van der Waals surface area contributed by atoms with Crippen molar-refractivity contribution in [1.29, 1.82) is 0 Å². The van der Waals surface area contributed by atoms with E-state index in [0.717, 1.165) is 30.2 Å². The molecule has 0 saturated heterocycles. The second-order valence-electron chi connectivity index (χ2n) is 3.99. The molecule has 0 aliphatic carbocycles. The van der Waals surface area contributed by atoms with E-state index in [4.69, 9.17) is 4.74 Å². The number of hydrogen-bond acceptors (Lipinski definition) is 5. The smallest absolute Gasteiger partial charge is 0.221 e. The van der Waals surface area contributed by atoms with Crippen LogP contribution in [0.4, 0.5) is 5.82 Å². The molecule has 0 amide bonds. The predicted octanol–water partition coefficient (Wildman–Crippen LogP) is 1.18. The van der Waals surface area contributed by atoms with Gasteiger partial charge in [-0.25, -0.2) is 15.0 Å². The summed E-state index contributed by atoms with van der Waals surface area (Å²) in [5.74, 6) is 2.45. The van der Waals surface area contributed by atoms with Gasteiger partial charge in [-0.2, -0.15) is 0 Å². The normalized spacial score (nSPS) is 10.4. The van der Waals surface area contributed by atoms with Crippen molar-refractivity contribution in [2.75, 3.05) is 19.0 Å². The van der Waals surface area contributed by atoms with Gasteiger partial charge >= 0.3 is 0 Å². The third-order valence-electron chi connectivity index (χ3n) is 2.79. The lowest BCUT2D eigenvalue weighted by Gasteiger charge is -2.10. The summed E-state index contributed by atoms with van der Waals surface area (Å²) >= 11 is 0. The van der Waals surface area contributed by atoms with Gasteiger partial charge in [-0.15, -0.1) is 0 Å². The molecule has 2 aromatic rings. The molecule has 0 spiro atoms. The number of rotatable bonds is 5. The number of ether oxygens (including phenoxy) is 1. The third kappa shape index (κ3) is 2.58. The Bertz CT molecular complexity index is 523. The largest absolute Gasteiger partial charge is 0.481 e. The molecule has 6 heteroatoms. The fraction of sp³-hybridized carbons (Fsp3) is 0.417. The lowest BCUT2D eigenvalue weighted by atomic mass is 10.3. The van der Waals surface area contributed by atoms with Crippen LogP contribution in [0.1, 0.15) is 11.4 Å². The lowest BCUT2D eigenvalue weighted by Crippen LogP contribution is -2.11. The zero-order valence-corrected chi connectivity index (χ0v) is 10.8. The monoisotopic (exact) mass is 247 g/mol. The Morgan fingerprint density at radius 3 is 2.83 bits per heavy atom. The average Bonchev–Trinajstić information content (AvgIpc) is 2.77. The number of anilines is 1. The van der Waals surface area contributed by atoms with E-state index in [1.54, 1.807) is 13.3 Å². The Morgan fingerprint density at radius 1 is 1.33 bits per heavy atom. The van der Waals surface area contributed by atoms with Crippen LogP contribution >= 0.6 is 0 Å². The summed E-state index contributed by atoms with van der Waals surface area (Å²) in [6.07, 6.45) is 6.08. The van der Waals surface area contributed by atoms with Gasteiger partial charge in [-0.3, -0.25) is 0 Å². The maximum Gasteiger partial charge on any atom is 0.221 e. The van der Waals surface area contributed by atoms with Crippen LogP contribution in [0.2, 0.25) is 0 Å². The summed E-state index contributed by atoms with van der Waals surface area (Å²) in [6.45, 7) is 2.70. The van der Waals surface area contributed by atoms with Gasteiger partial charge in [-0.1, -0.05) is 0 Å². The van der Waals surface area contributed by atoms with Crippen molar-refractivity contribution in [2.45, 2.75) is 13.3 Å². The van der Waals surface area contributed by atoms with Gasteiger partial charge in [0, 0.05) is 32.4 Å². The maximum atomic E-state index is 5.15. The first kappa shape index (κ1) is 12.3. The van der Waals surface area contributed by atoms with Gasteiger partial charge in [0.15, 0.2) is 0 Å². The fourth-order valence-electron chi connectivity index (χ4n) is 1.75. The van der Waals surface area contributed by atoms with Crippen molar-refractivity contribution in [3.05, 3.63) is 30.1 Å². The van der Waals surface area contributed by atoms with Gasteiger partial charge in [0.1, 0.15) is 18.0 Å². The summed E-state index contributed by atoms with van der Waals surface area (Å²) in [5.41, 5.74) is 0.917. The summed E-state index contributed by atoms with van der Waals surface area (Å²) < 4.78 is 7.16. The summed E-state index contributed by atoms with van der Waals surface area (Å²) in [5, 5.41) is 3.27. The van der Waals surface area contributed by atoms with Gasteiger partial charge in [0.2, 0.25) is 5.88 Å². The minimum Gasteiger partial charge on any atom is -0.481 e. The van der Waals surface area contributed by atoms with Gasteiger partial charge in [0.25, 0.3) is 0 Å². The molecule has 0 fully saturated rings. The van der Waals surface area contributed by atoms with E-state index in [2.05, 4.69) is 20.3 Å². The molecular formula is C12H17N5O. The summed E-state index contributed by atoms with van der Waals surface area (Å²) in [4.78, 5) is 12.5. The molecule has 96 valence electrons. The quantitative estimate of drug-likeness (QED) is 0.859. The molecule has 18 heavy (non-hydrogen) atoms. The van der Waals surface area contributed by atoms with Crippen LogP contribution in [-0.2, 0) is 13.5 Å². The van der Waals surface area contributed by atoms with Crippen molar-refractivity contribution in [1.82, 2.24) is 19.5 Å². The van der Waals surface area contributed by atoms with Gasteiger partial charge < -0.3 is 14.6 Å². The molecule has 2 heterocycles. The van der Waals surface area contributed by atoms with Gasteiger partial charge in [0.05, 0.1) is 12.7 Å². The molecule has 0 radical (unpaired) electrons. The number of aromatic nitrogens is 4. The molecule has 0 aliphatic rings. The second-order valence-corrected chi connectivity index (χ2v) is 3.99. The Kier molecular flexibility index (Phi) is 3.76. The van der Waals surface area contributed by atoms with E-state index < -0.39 is 0 Å². The number of methoxy groups -OCH3 is 1. The van der Waals surface area contributed by atoms with Crippen LogP contribution in [0.25, 0.3) is 0 Å². The minimum absolute atomic E-state index is 0.601. The van der Waals surface area contributed by atoms with E-state index in [-0.39, 0.29) is 0 Å². The van der Waals surface area contributed by atoms with Crippen LogP contribution in [0.15, 0.2) is 18.7 Å². The Labute approximate surface area is 106 Å². The highest BCUT2D eigenvalue weighted by atomic mass is 16.5. The first-order chi connectivity index (χ1) is 8.72. The van der Waals surface area contributed by atoms with E-state index in [9.17, 15) is 0 Å². The van der Waals surface area contributed by atoms with Gasteiger partial charge in [-0.05, 0) is 6.92 Å². The molecule has 0 saturated carbocycles. The first-order valence-electron chi connectivity index (χ1n) is 5.78. The molecule has 2 rings (SSSR count). The van der Waals surface area contributed by atoms with Crippen molar-refractivity contribution >= 4 is 5.82 Å². The van der Waals surface area contributed by atoms with E-state index >= 15 is 0 Å². The fourth-order valence-corrected chi connectivity index (χ4v) is 1.75. The van der Waals surface area contributed by atoms with Crippen molar-refractivity contribution in [2.24, 2.45) is 7.05 Å². The molecule has 0 aromatic carbocycles. The number of imidazole rings is 1. The second kappa shape index (κ2) is 5.48. The highest BCUT2D eigenvalue weighted by molar-refractivity contribution is 5.47. The lowest BCUT2D eigenvalue weighted by molar-refractivity contribution is 0.393. The standard InChI is InChI=1S/C12H17N5O/c1-9-11(15-8-16-12(9)18-3)14-5-4-10-13-6-7-17(10)2/h6-8H,4-5H2,1-3H3,(H,14,15,16). The van der Waals surface area contributed by atoms with E-state index in [1.807, 2.05) is 24.7 Å². The Balaban J connectivity index is 1.96. The van der Waals surface area contributed by atoms with Crippen LogP contribution in [0.5, 0.6) is 5.88 Å². The highest BCUT2D eigenvalue weighted by Crippen LogP contribution is 2.19. The Morgan fingerprint density at radius 2 is 2.17 bits per heavy atom. The summed E-state index contributed by atoms with van der Waals surface area (Å²) in [7, 11) is 3.59. The number of nitrogens with one attached hydrogen (secondary N) is 1. The zero-order chi connectivity index (χ0) is 13.0. The topological polar surface area (TPSA) is 64.9 Å². The zero-order valence-electron chi connectivity index (χ0n) is 10.8. The van der Waals surface area contributed by atoms with Crippen molar-refractivity contribution < 1.29 is 4.74 Å². The number of hydrogen-bond donors (Lipinski definition) is 1. The van der Waals surface area contributed by atoms with Crippen LogP contribution < -0.4 is 10.1 Å². The van der Waals surface area contributed by atoms with E-state index in [0.29, 0.717) is 5.88 Å². The van der Waals surface area contributed by atoms with Crippen molar-refractivity contribution in [3.63, 3.8) is 0 Å². The average molecular weight is 247 g/mol. The molecule has 0 atom stereocenters. The number of nitrogens with zero attached hydrogens (tertiary/aromatic N) is 4. The molecule has 6 nitrogen and oxygen atoms in total. The van der Waals surface area contributed by atoms with Crippen LogP contribution in [0.3, 0.4) is 0 Å². The SMILES string of the molecule is COc1ncnc(NCCc2nccn2C)c1C. The predicted molar refractivity (Wildman–Crippen MR) is 68.7 cm³/mol. The third-order valence-corrected chi connectivity index (χ3v) is 2.79. The molecule has 1 N–H and O–H groups in total. The summed E-state index contributed by atoms with van der Waals surface area (Å²) in [6, 6.07) is 0.